The summed E-state index contributed by atoms with van der Waals surface area (Å²) in [6.07, 6.45) is 11.3. The second-order valence-electron chi connectivity index (χ2n) is 5.17. The highest BCUT2D eigenvalue weighted by Crippen LogP contribution is 2.24. The van der Waals surface area contributed by atoms with Crippen molar-refractivity contribution in [3.8, 4) is 11.4 Å². The van der Waals surface area contributed by atoms with Crippen molar-refractivity contribution in [1.82, 2.24) is 4.57 Å². The van der Waals surface area contributed by atoms with Gasteiger partial charge in [0.25, 0.3) is 0 Å². The molecule has 0 saturated heterocycles. The summed E-state index contributed by atoms with van der Waals surface area (Å²) in [5, 5.41) is 7.28. The molecular weight excluding hydrogens is 302 g/mol. The Balaban J connectivity index is 2.20. The number of rotatable bonds is 8. The number of benzene rings is 1. The van der Waals surface area contributed by atoms with Crippen LogP contribution in [-0.4, -0.2) is 23.3 Å². The first-order valence-corrected chi connectivity index (χ1v) is 7.89. The van der Waals surface area contributed by atoms with Crippen LogP contribution >= 0.6 is 0 Å². The third-order valence-electron chi connectivity index (χ3n) is 3.23. The lowest BCUT2D eigenvalue weighted by Crippen LogP contribution is -2.21. The van der Waals surface area contributed by atoms with Crippen molar-refractivity contribution in [2.75, 3.05) is 6.61 Å². The minimum absolute atomic E-state index is 0.0709. The van der Waals surface area contributed by atoms with Crippen molar-refractivity contribution in [3.63, 3.8) is 0 Å². The fourth-order valence-electron chi connectivity index (χ4n) is 2.06. The molecule has 1 aromatic carbocycles. The summed E-state index contributed by atoms with van der Waals surface area (Å²) < 4.78 is 7.93. The Labute approximate surface area is 142 Å². The van der Waals surface area contributed by atoms with Gasteiger partial charge in [-0.05, 0) is 30.7 Å². The summed E-state index contributed by atoms with van der Waals surface area (Å²) in [4.78, 5) is 0. The number of hydrogen-bond donors (Lipinski definition) is 2. The van der Waals surface area contributed by atoms with E-state index in [1.54, 1.807) is 6.08 Å². The fraction of sp³-hybridized carbons (Fsp3) is 0.222. The van der Waals surface area contributed by atoms with Crippen LogP contribution < -0.4 is 16.2 Å². The molecule has 6 heteroatoms. The molecule has 2 aromatic rings. The quantitative estimate of drug-likeness (QED) is 0.338. The summed E-state index contributed by atoms with van der Waals surface area (Å²) in [5.41, 5.74) is 12.5. The van der Waals surface area contributed by atoms with Gasteiger partial charge in [0.15, 0.2) is 0 Å². The predicted molar refractivity (Wildman–Crippen MR) is 99.5 cm³/mol. The fourth-order valence-corrected chi connectivity index (χ4v) is 2.06. The third-order valence-corrected chi connectivity index (χ3v) is 3.23. The second kappa shape index (κ2) is 9.19. The van der Waals surface area contributed by atoms with Crippen LogP contribution in [0.1, 0.15) is 25.3 Å². The molecule has 0 spiro atoms. The molecule has 1 aromatic heterocycles. The Morgan fingerprint density at radius 1 is 1.21 bits per heavy atom. The summed E-state index contributed by atoms with van der Waals surface area (Å²) in [5.74, 6) is 0.761. The second-order valence-corrected chi connectivity index (χ2v) is 5.17. The maximum atomic E-state index is 5.89. The van der Waals surface area contributed by atoms with Gasteiger partial charge in [-0.15, -0.1) is 5.10 Å². The molecule has 24 heavy (non-hydrogen) atoms. The van der Waals surface area contributed by atoms with Gasteiger partial charge in [0, 0.05) is 23.7 Å². The molecule has 4 N–H and O–H groups in total. The highest BCUT2D eigenvalue weighted by Gasteiger charge is 2.06. The Morgan fingerprint density at radius 3 is 2.71 bits per heavy atom. The van der Waals surface area contributed by atoms with Gasteiger partial charge in [-0.2, -0.15) is 5.10 Å². The van der Waals surface area contributed by atoms with E-state index in [2.05, 4.69) is 17.1 Å². The van der Waals surface area contributed by atoms with Crippen molar-refractivity contribution in [1.29, 1.82) is 0 Å². The van der Waals surface area contributed by atoms with Gasteiger partial charge in [-0.1, -0.05) is 31.5 Å². The van der Waals surface area contributed by atoms with Crippen LogP contribution in [0.3, 0.4) is 0 Å². The summed E-state index contributed by atoms with van der Waals surface area (Å²) in [7, 11) is 0. The van der Waals surface area contributed by atoms with E-state index in [9.17, 15) is 0 Å². The molecule has 2 rings (SSSR count). The molecule has 0 amide bonds. The summed E-state index contributed by atoms with van der Waals surface area (Å²) >= 11 is 0. The zero-order valence-electron chi connectivity index (χ0n) is 13.8. The third kappa shape index (κ3) is 5.31. The van der Waals surface area contributed by atoms with Crippen LogP contribution in [0.5, 0.6) is 5.75 Å². The molecule has 1 heterocycles. The summed E-state index contributed by atoms with van der Waals surface area (Å²) in [6, 6.07) is 10.1. The predicted octanol–water partition coefficient (Wildman–Crippen LogP) is 2.93. The van der Waals surface area contributed by atoms with Gasteiger partial charge in [0.2, 0.25) is 5.96 Å². The van der Waals surface area contributed by atoms with E-state index in [1.807, 2.05) is 53.4 Å². The number of guanidine groups is 1. The molecule has 6 nitrogen and oxygen atoms in total. The molecule has 0 saturated carbocycles. The van der Waals surface area contributed by atoms with Crippen LogP contribution in [0, 0.1) is 0 Å². The first kappa shape index (κ1) is 17.3. The van der Waals surface area contributed by atoms with Gasteiger partial charge in [0.05, 0.1) is 12.8 Å². The number of ether oxygens (including phenoxy) is 1. The van der Waals surface area contributed by atoms with E-state index in [4.69, 9.17) is 16.2 Å². The van der Waals surface area contributed by atoms with E-state index in [-0.39, 0.29) is 5.96 Å². The average molecular weight is 325 g/mol. The van der Waals surface area contributed by atoms with E-state index >= 15 is 0 Å². The maximum absolute atomic E-state index is 5.89. The lowest BCUT2D eigenvalue weighted by Gasteiger charge is -2.04. The zero-order valence-corrected chi connectivity index (χ0v) is 13.8. The molecule has 0 aliphatic rings. The Bertz CT molecular complexity index is 712. The number of allylic oxidation sites excluding steroid dienone is 1. The van der Waals surface area contributed by atoms with Crippen molar-refractivity contribution in [2.45, 2.75) is 19.8 Å². The molecule has 0 radical (unpaired) electrons. The Hall–Kier alpha value is -3.02. The highest BCUT2D eigenvalue weighted by molar-refractivity contribution is 5.81. The number of para-hydroxylation sites is 1. The molecule has 0 atom stereocenters. The molecule has 0 fully saturated rings. The topological polar surface area (TPSA) is 90.9 Å². The van der Waals surface area contributed by atoms with E-state index in [1.165, 1.54) is 6.21 Å². The molecule has 0 aliphatic carbocycles. The van der Waals surface area contributed by atoms with Crippen molar-refractivity contribution >= 4 is 18.3 Å². The van der Waals surface area contributed by atoms with E-state index in [0.29, 0.717) is 6.61 Å². The lowest BCUT2D eigenvalue weighted by molar-refractivity contribution is 0.309. The van der Waals surface area contributed by atoms with Crippen molar-refractivity contribution in [2.24, 2.45) is 21.7 Å². The highest BCUT2D eigenvalue weighted by atomic mass is 16.5. The number of nitrogens with two attached hydrogens (primary N) is 2. The largest absolute Gasteiger partial charge is 0.491 e. The Morgan fingerprint density at radius 2 is 2.00 bits per heavy atom. The zero-order chi connectivity index (χ0) is 17.2. The molecule has 126 valence electrons. The smallest absolute Gasteiger partial charge is 0.211 e. The van der Waals surface area contributed by atoms with E-state index in [0.717, 1.165) is 29.8 Å². The number of nitrogens with zero attached hydrogens (tertiary/aromatic N) is 3. The first-order chi connectivity index (χ1) is 11.7. The first-order valence-electron chi connectivity index (χ1n) is 7.89. The van der Waals surface area contributed by atoms with Crippen LogP contribution in [0.25, 0.3) is 11.8 Å². The van der Waals surface area contributed by atoms with Gasteiger partial charge in [-0.25, -0.2) is 0 Å². The van der Waals surface area contributed by atoms with Crippen LogP contribution in [-0.2, 0) is 0 Å². The van der Waals surface area contributed by atoms with E-state index < -0.39 is 0 Å². The molecular formula is C18H23N5O. The minimum atomic E-state index is -0.0709. The van der Waals surface area contributed by atoms with Crippen LogP contribution in [0.15, 0.2) is 59.0 Å². The van der Waals surface area contributed by atoms with Crippen molar-refractivity contribution < 1.29 is 4.74 Å². The minimum Gasteiger partial charge on any atom is -0.491 e. The van der Waals surface area contributed by atoms with Gasteiger partial charge < -0.3 is 20.8 Å². The SMILES string of the molecule is CCCCOc1cn(-c2ccccc2)cc1/C=C/C=N/N=C(N)N. The van der Waals surface area contributed by atoms with Crippen LogP contribution in [0.2, 0.25) is 0 Å². The monoisotopic (exact) mass is 325 g/mol. The molecule has 0 bridgehead atoms. The van der Waals surface area contributed by atoms with Crippen molar-refractivity contribution in [3.05, 3.63) is 54.4 Å². The molecule has 0 unspecified atom stereocenters. The normalized spacial score (nSPS) is 11.2. The van der Waals surface area contributed by atoms with Gasteiger partial charge in [0.1, 0.15) is 5.75 Å². The molecule has 0 aliphatic heterocycles. The average Bonchev–Trinajstić information content (AvgIpc) is 2.98. The standard InChI is InChI=1S/C18H23N5O/c1-2-3-12-24-17-14-23(16-9-5-4-6-10-16)13-15(17)8-7-11-21-22-18(19)20/h4-11,13-14H,2-3,12H2,1H3,(H4,19,20,22)/b8-7+,21-11+. The maximum Gasteiger partial charge on any atom is 0.211 e. The number of hydrogen-bond acceptors (Lipinski definition) is 3. The van der Waals surface area contributed by atoms with Gasteiger partial charge in [-0.3, -0.25) is 0 Å². The Kier molecular flexibility index (Phi) is 6.64. The lowest BCUT2D eigenvalue weighted by atomic mass is 10.3. The number of aromatic nitrogens is 1. The number of unbranched alkanes of at least 4 members (excludes halogenated alkanes) is 1. The summed E-state index contributed by atoms with van der Waals surface area (Å²) in [6.45, 7) is 2.83. The van der Waals surface area contributed by atoms with Crippen LogP contribution in [0.4, 0.5) is 0 Å². The van der Waals surface area contributed by atoms with Gasteiger partial charge >= 0.3 is 0 Å².